The van der Waals surface area contributed by atoms with E-state index in [1.165, 1.54) is 11.3 Å². The van der Waals surface area contributed by atoms with Gasteiger partial charge in [0.05, 0.1) is 7.05 Å². The van der Waals surface area contributed by atoms with Crippen molar-refractivity contribution >= 4 is 22.8 Å². The van der Waals surface area contributed by atoms with E-state index in [2.05, 4.69) is 80.6 Å². The molecule has 3 heteroatoms. The number of hydrogen-bond donors (Lipinski definition) is 0. The van der Waals surface area contributed by atoms with Crippen LogP contribution < -0.4 is 9.47 Å². The van der Waals surface area contributed by atoms with Gasteiger partial charge in [0.15, 0.2) is 11.1 Å². The zero-order chi connectivity index (χ0) is 17.3. The first-order chi connectivity index (χ1) is 11.5. The maximum Gasteiger partial charge on any atom is 0.462 e. The third-order valence-corrected chi connectivity index (χ3v) is 4.77. The summed E-state index contributed by atoms with van der Waals surface area (Å²) in [6.07, 6.45) is 1.06. The van der Waals surface area contributed by atoms with Crippen molar-refractivity contribution in [3.8, 4) is 0 Å². The lowest BCUT2D eigenvalue weighted by molar-refractivity contribution is -0.686. The first-order valence-electron chi connectivity index (χ1n) is 8.80. The zero-order valence-electron chi connectivity index (χ0n) is 15.3. The molecule has 0 saturated heterocycles. The maximum absolute atomic E-state index is 6.26. The van der Waals surface area contributed by atoms with Crippen LogP contribution in [0.15, 0.2) is 52.9 Å². The standard InChI is InChI=1S/C21H27N2O/c1-6-16(4)23-19-13-9-10-14-20(19)24-21(23)22(5)18-12-8-7-11-17(18)15(2)3/h7-16H,6H2,1-5H3/q+1. The smallest absolute Gasteiger partial charge is 0.387 e. The summed E-state index contributed by atoms with van der Waals surface area (Å²) >= 11 is 0. The van der Waals surface area contributed by atoms with Crippen LogP contribution in [0.4, 0.5) is 11.7 Å². The average Bonchev–Trinajstić information content (AvgIpc) is 2.99. The Labute approximate surface area is 144 Å². The number of aromatic nitrogens is 1. The van der Waals surface area contributed by atoms with Gasteiger partial charge < -0.3 is 4.42 Å². The van der Waals surface area contributed by atoms with Crippen LogP contribution in [-0.2, 0) is 0 Å². The van der Waals surface area contributed by atoms with Crippen LogP contribution >= 0.6 is 0 Å². The Morgan fingerprint density at radius 1 is 1.00 bits per heavy atom. The molecule has 0 aliphatic heterocycles. The Bertz CT molecular complexity index is 835. The van der Waals surface area contributed by atoms with Gasteiger partial charge in [-0.3, -0.25) is 0 Å². The van der Waals surface area contributed by atoms with E-state index >= 15 is 0 Å². The fraction of sp³-hybridized carbons (Fsp3) is 0.381. The van der Waals surface area contributed by atoms with Crippen LogP contribution in [0.25, 0.3) is 11.1 Å². The molecule has 0 N–H and O–H groups in total. The van der Waals surface area contributed by atoms with Crippen LogP contribution in [0.1, 0.15) is 51.6 Å². The number of fused-ring (bicyclic) bond motifs is 1. The fourth-order valence-electron chi connectivity index (χ4n) is 3.22. The van der Waals surface area contributed by atoms with E-state index in [-0.39, 0.29) is 0 Å². The average molecular weight is 323 g/mol. The van der Waals surface area contributed by atoms with Crippen molar-refractivity contribution in [2.45, 2.75) is 46.1 Å². The highest BCUT2D eigenvalue weighted by molar-refractivity contribution is 5.71. The first-order valence-corrected chi connectivity index (χ1v) is 8.80. The van der Waals surface area contributed by atoms with Gasteiger partial charge in [-0.05, 0) is 37.5 Å². The Morgan fingerprint density at radius 3 is 2.38 bits per heavy atom. The largest absolute Gasteiger partial charge is 0.462 e. The molecule has 0 radical (unpaired) electrons. The Balaban J connectivity index is 2.19. The lowest BCUT2D eigenvalue weighted by atomic mass is 10.0. The van der Waals surface area contributed by atoms with E-state index in [9.17, 15) is 0 Å². The molecular formula is C21H27N2O+. The molecular weight excluding hydrogens is 296 g/mol. The number of nitrogens with zero attached hydrogens (tertiary/aromatic N) is 2. The van der Waals surface area contributed by atoms with Gasteiger partial charge >= 0.3 is 6.01 Å². The number of benzene rings is 2. The van der Waals surface area contributed by atoms with Crippen LogP contribution in [-0.4, -0.2) is 7.05 Å². The second-order valence-corrected chi connectivity index (χ2v) is 6.75. The first kappa shape index (κ1) is 16.6. The molecule has 0 amide bonds. The third kappa shape index (κ3) is 2.79. The SMILES string of the molecule is CCC(C)[n+]1c(N(C)c2ccccc2C(C)C)oc2ccccc21. The third-order valence-electron chi connectivity index (χ3n) is 4.77. The van der Waals surface area contributed by atoms with E-state index in [0.717, 1.165) is 23.5 Å². The lowest BCUT2D eigenvalue weighted by Gasteiger charge is -2.17. The molecule has 1 aromatic heterocycles. The maximum atomic E-state index is 6.26. The quantitative estimate of drug-likeness (QED) is 0.571. The van der Waals surface area contributed by atoms with Gasteiger partial charge in [-0.2, -0.15) is 9.47 Å². The molecule has 24 heavy (non-hydrogen) atoms. The summed E-state index contributed by atoms with van der Waals surface area (Å²) in [7, 11) is 2.10. The molecule has 0 bridgehead atoms. The van der Waals surface area contributed by atoms with E-state index in [4.69, 9.17) is 4.42 Å². The Hall–Kier alpha value is -2.29. The van der Waals surface area contributed by atoms with E-state index in [1.807, 2.05) is 12.1 Å². The van der Waals surface area contributed by atoms with Crippen molar-refractivity contribution in [3.05, 3.63) is 54.1 Å². The predicted octanol–water partition coefficient (Wildman–Crippen LogP) is 5.58. The highest BCUT2D eigenvalue weighted by Gasteiger charge is 2.30. The zero-order valence-corrected chi connectivity index (χ0v) is 15.3. The summed E-state index contributed by atoms with van der Waals surface area (Å²) in [5.41, 5.74) is 4.61. The molecule has 1 atom stereocenters. The molecule has 3 nitrogen and oxygen atoms in total. The molecule has 1 unspecified atom stereocenters. The van der Waals surface area contributed by atoms with Gasteiger partial charge in [0.1, 0.15) is 11.7 Å². The summed E-state index contributed by atoms with van der Waals surface area (Å²) in [5, 5.41) is 0. The normalized spacial score (nSPS) is 12.8. The topological polar surface area (TPSA) is 20.3 Å². The van der Waals surface area contributed by atoms with Gasteiger partial charge in [-0.1, -0.05) is 51.1 Å². The van der Waals surface area contributed by atoms with Crippen molar-refractivity contribution in [2.24, 2.45) is 0 Å². The molecule has 0 aliphatic carbocycles. The van der Waals surface area contributed by atoms with Crippen molar-refractivity contribution in [2.75, 3.05) is 11.9 Å². The summed E-state index contributed by atoms with van der Waals surface area (Å²) in [5.74, 6) is 0.463. The van der Waals surface area contributed by atoms with Crippen LogP contribution in [0.2, 0.25) is 0 Å². The van der Waals surface area contributed by atoms with Crippen molar-refractivity contribution < 1.29 is 8.98 Å². The predicted molar refractivity (Wildman–Crippen MR) is 100 cm³/mol. The molecule has 0 spiro atoms. The van der Waals surface area contributed by atoms with E-state index in [1.54, 1.807) is 0 Å². The lowest BCUT2D eigenvalue weighted by Crippen LogP contribution is -2.41. The summed E-state index contributed by atoms with van der Waals surface area (Å²) in [4.78, 5) is 2.18. The monoisotopic (exact) mass is 323 g/mol. The second-order valence-electron chi connectivity index (χ2n) is 6.75. The molecule has 0 saturated carbocycles. The summed E-state index contributed by atoms with van der Waals surface area (Å²) < 4.78 is 8.57. The van der Waals surface area contributed by atoms with Crippen LogP contribution in [0.3, 0.4) is 0 Å². The molecule has 0 aliphatic rings. The van der Waals surface area contributed by atoms with Crippen molar-refractivity contribution in [3.63, 3.8) is 0 Å². The molecule has 1 heterocycles. The molecule has 2 aromatic carbocycles. The number of rotatable bonds is 5. The fourth-order valence-corrected chi connectivity index (χ4v) is 3.22. The molecule has 0 fully saturated rings. The number of anilines is 2. The Morgan fingerprint density at radius 2 is 1.67 bits per heavy atom. The van der Waals surface area contributed by atoms with Crippen LogP contribution in [0, 0.1) is 0 Å². The minimum Gasteiger partial charge on any atom is -0.387 e. The Kier molecular flexibility index (Phi) is 4.61. The van der Waals surface area contributed by atoms with E-state index < -0.39 is 0 Å². The molecule has 3 aromatic rings. The second kappa shape index (κ2) is 6.68. The van der Waals surface area contributed by atoms with Gasteiger partial charge in [-0.15, -0.1) is 0 Å². The minimum atomic E-state index is 0.373. The number of para-hydroxylation sites is 3. The van der Waals surface area contributed by atoms with Gasteiger partial charge in [0.25, 0.3) is 0 Å². The van der Waals surface area contributed by atoms with Gasteiger partial charge in [0, 0.05) is 5.56 Å². The summed E-state index contributed by atoms with van der Waals surface area (Å²) in [6.45, 7) is 8.92. The summed E-state index contributed by atoms with van der Waals surface area (Å²) in [6, 6.07) is 18.1. The molecule has 3 rings (SSSR count). The highest BCUT2D eigenvalue weighted by Crippen LogP contribution is 2.32. The van der Waals surface area contributed by atoms with E-state index in [0.29, 0.717) is 12.0 Å². The van der Waals surface area contributed by atoms with Gasteiger partial charge in [0.2, 0.25) is 0 Å². The van der Waals surface area contributed by atoms with Crippen molar-refractivity contribution in [1.82, 2.24) is 0 Å². The van der Waals surface area contributed by atoms with Crippen molar-refractivity contribution in [1.29, 1.82) is 0 Å². The highest BCUT2D eigenvalue weighted by atomic mass is 16.4. The number of oxazole rings is 1. The minimum absolute atomic E-state index is 0.373. The van der Waals surface area contributed by atoms with Crippen LogP contribution in [0.5, 0.6) is 0 Å². The molecule has 126 valence electrons. The number of hydrogen-bond acceptors (Lipinski definition) is 2. The van der Waals surface area contributed by atoms with Gasteiger partial charge in [-0.25, -0.2) is 0 Å².